The molecule has 2 rings (SSSR count). The Bertz CT molecular complexity index is 474. The monoisotopic (exact) mass is 278 g/mol. The molecule has 112 valence electrons. The van der Waals surface area contributed by atoms with Crippen molar-refractivity contribution in [2.24, 2.45) is 0 Å². The Morgan fingerprint density at radius 2 is 1.95 bits per heavy atom. The standard InChI is InChI=1S/C16H26N2O2/c1-11-12(2)16(20-5)7-6-13(11)8-18-9-14(17(3)4)15(19)10-18/h6-7,14-15,19H,8-10H2,1-5H3/t14-,15-/m0/s1. The minimum absolute atomic E-state index is 0.231. The van der Waals surface area contributed by atoms with Crippen molar-refractivity contribution in [2.75, 3.05) is 34.3 Å². The van der Waals surface area contributed by atoms with Crippen molar-refractivity contribution >= 4 is 0 Å². The van der Waals surface area contributed by atoms with Crippen LogP contribution in [0.5, 0.6) is 5.75 Å². The first-order valence-electron chi connectivity index (χ1n) is 7.14. The minimum Gasteiger partial charge on any atom is -0.496 e. The summed E-state index contributed by atoms with van der Waals surface area (Å²) in [5, 5.41) is 10.1. The van der Waals surface area contributed by atoms with E-state index in [0.717, 1.165) is 25.4 Å². The molecule has 0 saturated carbocycles. The number of nitrogens with zero attached hydrogens (tertiary/aromatic N) is 2. The van der Waals surface area contributed by atoms with E-state index < -0.39 is 0 Å². The highest BCUT2D eigenvalue weighted by Crippen LogP contribution is 2.26. The number of β-amino-alcohol motifs (C(OH)–C–C–N with tert-alkyl or cyclic N) is 1. The number of hydrogen-bond donors (Lipinski definition) is 1. The van der Waals surface area contributed by atoms with Crippen LogP contribution in [-0.4, -0.2) is 61.3 Å². The summed E-state index contributed by atoms with van der Waals surface area (Å²) >= 11 is 0. The van der Waals surface area contributed by atoms with Crippen LogP contribution < -0.4 is 4.74 Å². The number of likely N-dealkylation sites (tertiary alicyclic amines) is 1. The number of methoxy groups -OCH3 is 1. The van der Waals surface area contributed by atoms with Crippen LogP contribution in [0.15, 0.2) is 12.1 Å². The second kappa shape index (κ2) is 6.12. The molecule has 1 fully saturated rings. The first-order valence-corrected chi connectivity index (χ1v) is 7.14. The van der Waals surface area contributed by atoms with Gasteiger partial charge in [-0.3, -0.25) is 4.90 Å². The summed E-state index contributed by atoms with van der Waals surface area (Å²) < 4.78 is 5.36. The third-order valence-corrected chi connectivity index (χ3v) is 4.46. The molecule has 0 radical (unpaired) electrons. The van der Waals surface area contributed by atoms with Gasteiger partial charge in [-0.05, 0) is 50.7 Å². The summed E-state index contributed by atoms with van der Waals surface area (Å²) in [6.45, 7) is 6.78. The molecule has 0 unspecified atom stereocenters. The van der Waals surface area contributed by atoms with E-state index in [4.69, 9.17) is 4.74 Å². The lowest BCUT2D eigenvalue weighted by molar-refractivity contribution is 0.112. The fourth-order valence-corrected chi connectivity index (χ4v) is 2.97. The van der Waals surface area contributed by atoms with Gasteiger partial charge in [0.15, 0.2) is 0 Å². The van der Waals surface area contributed by atoms with Crippen LogP contribution in [0.1, 0.15) is 16.7 Å². The molecule has 0 aliphatic carbocycles. The number of hydrogen-bond acceptors (Lipinski definition) is 4. The maximum absolute atomic E-state index is 10.1. The van der Waals surface area contributed by atoms with Crippen LogP contribution in [-0.2, 0) is 6.54 Å². The number of aliphatic hydroxyl groups excluding tert-OH is 1. The van der Waals surface area contributed by atoms with Gasteiger partial charge in [0.25, 0.3) is 0 Å². The Balaban J connectivity index is 2.10. The second-order valence-electron chi connectivity index (χ2n) is 5.97. The summed E-state index contributed by atoms with van der Waals surface area (Å²) in [5.74, 6) is 0.943. The molecule has 1 aliphatic rings. The van der Waals surface area contributed by atoms with Gasteiger partial charge in [0.2, 0.25) is 0 Å². The summed E-state index contributed by atoms with van der Waals surface area (Å²) in [5.41, 5.74) is 3.80. The van der Waals surface area contributed by atoms with Crippen molar-refractivity contribution in [3.63, 3.8) is 0 Å². The van der Waals surface area contributed by atoms with E-state index in [1.54, 1.807) is 7.11 Å². The van der Waals surface area contributed by atoms with Gasteiger partial charge in [-0.25, -0.2) is 0 Å². The van der Waals surface area contributed by atoms with Crippen LogP contribution >= 0.6 is 0 Å². The summed E-state index contributed by atoms with van der Waals surface area (Å²) in [6.07, 6.45) is -0.260. The molecule has 4 nitrogen and oxygen atoms in total. The molecule has 2 atom stereocenters. The van der Waals surface area contributed by atoms with Crippen molar-refractivity contribution in [3.8, 4) is 5.75 Å². The van der Waals surface area contributed by atoms with Crippen LogP contribution in [0.25, 0.3) is 0 Å². The molecule has 0 aromatic heterocycles. The molecule has 1 aromatic carbocycles. The van der Waals surface area contributed by atoms with Crippen LogP contribution in [0.3, 0.4) is 0 Å². The van der Waals surface area contributed by atoms with Crippen molar-refractivity contribution in [2.45, 2.75) is 32.5 Å². The fourth-order valence-electron chi connectivity index (χ4n) is 2.97. The van der Waals surface area contributed by atoms with Crippen LogP contribution in [0.4, 0.5) is 0 Å². The largest absolute Gasteiger partial charge is 0.496 e. The number of likely N-dealkylation sites (N-methyl/N-ethyl adjacent to an activating group) is 1. The highest BCUT2D eigenvalue weighted by atomic mass is 16.5. The average Bonchev–Trinajstić information content (AvgIpc) is 2.76. The van der Waals surface area contributed by atoms with E-state index in [0.29, 0.717) is 0 Å². The van der Waals surface area contributed by atoms with Gasteiger partial charge in [0.1, 0.15) is 5.75 Å². The first-order chi connectivity index (χ1) is 9.43. The van der Waals surface area contributed by atoms with Crippen molar-refractivity contribution in [3.05, 3.63) is 28.8 Å². The lowest BCUT2D eigenvalue weighted by Crippen LogP contribution is -2.37. The van der Waals surface area contributed by atoms with Gasteiger partial charge in [-0.1, -0.05) is 6.07 Å². The van der Waals surface area contributed by atoms with E-state index in [1.165, 1.54) is 16.7 Å². The maximum atomic E-state index is 10.1. The number of rotatable bonds is 4. The Morgan fingerprint density at radius 1 is 1.25 bits per heavy atom. The third kappa shape index (κ3) is 2.97. The van der Waals surface area contributed by atoms with E-state index in [-0.39, 0.29) is 12.1 Å². The van der Waals surface area contributed by atoms with Crippen LogP contribution in [0, 0.1) is 13.8 Å². The van der Waals surface area contributed by atoms with Gasteiger partial charge in [-0.15, -0.1) is 0 Å². The Labute approximate surface area is 122 Å². The van der Waals surface area contributed by atoms with Crippen molar-refractivity contribution < 1.29 is 9.84 Å². The zero-order chi connectivity index (χ0) is 14.9. The van der Waals surface area contributed by atoms with Gasteiger partial charge in [0.05, 0.1) is 13.2 Å². The second-order valence-corrected chi connectivity index (χ2v) is 5.97. The molecular formula is C16H26N2O2. The fraction of sp³-hybridized carbons (Fsp3) is 0.625. The SMILES string of the molecule is COc1ccc(CN2C[C@H](O)[C@@H](N(C)C)C2)c(C)c1C. The molecule has 1 heterocycles. The number of ether oxygens (including phenoxy) is 1. The zero-order valence-corrected chi connectivity index (χ0v) is 13.2. The molecule has 20 heavy (non-hydrogen) atoms. The Morgan fingerprint density at radius 3 is 2.50 bits per heavy atom. The quantitative estimate of drug-likeness (QED) is 0.903. The lowest BCUT2D eigenvalue weighted by Gasteiger charge is -2.22. The predicted molar refractivity (Wildman–Crippen MR) is 81.2 cm³/mol. The molecule has 0 amide bonds. The summed E-state index contributed by atoms with van der Waals surface area (Å²) in [7, 11) is 5.76. The van der Waals surface area contributed by atoms with E-state index in [1.807, 2.05) is 20.2 Å². The van der Waals surface area contributed by atoms with Crippen molar-refractivity contribution in [1.82, 2.24) is 9.80 Å². The van der Waals surface area contributed by atoms with E-state index >= 15 is 0 Å². The molecule has 4 heteroatoms. The van der Waals surface area contributed by atoms with Gasteiger partial charge < -0.3 is 14.7 Å². The van der Waals surface area contributed by atoms with E-state index in [2.05, 4.69) is 29.7 Å². The average molecular weight is 278 g/mol. The van der Waals surface area contributed by atoms with Crippen molar-refractivity contribution in [1.29, 1.82) is 0 Å². The van der Waals surface area contributed by atoms with Gasteiger partial charge in [0, 0.05) is 25.7 Å². The predicted octanol–water partition coefficient (Wildman–Crippen LogP) is 1.42. The Hall–Kier alpha value is -1.10. The minimum atomic E-state index is -0.260. The molecule has 1 aromatic rings. The number of aliphatic hydroxyl groups is 1. The summed E-state index contributed by atoms with van der Waals surface area (Å²) in [6, 6.07) is 4.40. The Kier molecular flexibility index (Phi) is 4.68. The summed E-state index contributed by atoms with van der Waals surface area (Å²) in [4.78, 5) is 4.43. The maximum Gasteiger partial charge on any atom is 0.122 e. The van der Waals surface area contributed by atoms with E-state index in [9.17, 15) is 5.11 Å². The third-order valence-electron chi connectivity index (χ3n) is 4.46. The lowest BCUT2D eigenvalue weighted by atomic mass is 10.0. The molecule has 1 saturated heterocycles. The molecule has 1 aliphatic heterocycles. The molecule has 0 bridgehead atoms. The zero-order valence-electron chi connectivity index (χ0n) is 13.2. The molecule has 0 spiro atoms. The number of benzene rings is 1. The highest BCUT2D eigenvalue weighted by Gasteiger charge is 2.32. The topological polar surface area (TPSA) is 35.9 Å². The highest BCUT2D eigenvalue weighted by molar-refractivity contribution is 5.43. The van der Waals surface area contributed by atoms with Gasteiger partial charge in [-0.2, -0.15) is 0 Å². The van der Waals surface area contributed by atoms with Gasteiger partial charge >= 0.3 is 0 Å². The smallest absolute Gasteiger partial charge is 0.122 e. The van der Waals surface area contributed by atoms with Crippen LogP contribution in [0.2, 0.25) is 0 Å². The molecule has 1 N–H and O–H groups in total. The first kappa shape index (κ1) is 15.3. The molecular weight excluding hydrogens is 252 g/mol. The normalized spacial score (nSPS) is 23.6.